The highest BCUT2D eigenvalue weighted by atomic mass is 32.1. The summed E-state index contributed by atoms with van der Waals surface area (Å²) >= 11 is 1.27. The number of hydrogen-bond donors (Lipinski definition) is 2. The summed E-state index contributed by atoms with van der Waals surface area (Å²) in [7, 11) is 0. The number of aromatic nitrogens is 2. The molecule has 1 fully saturated rings. The quantitative estimate of drug-likeness (QED) is 0.688. The molecule has 8 nitrogen and oxygen atoms in total. The number of alkyl halides is 3. The van der Waals surface area contributed by atoms with Crippen LogP contribution in [0.1, 0.15) is 48.4 Å². The zero-order chi connectivity index (χ0) is 21.5. The predicted octanol–water partition coefficient (Wildman–Crippen LogP) is 4.17. The molecule has 1 saturated heterocycles. The Labute approximate surface area is 173 Å². The highest BCUT2D eigenvalue weighted by Crippen LogP contribution is 2.44. The number of fused-ring (bicyclic) bond motifs is 1. The van der Waals surface area contributed by atoms with Crippen molar-refractivity contribution in [2.75, 3.05) is 11.9 Å². The van der Waals surface area contributed by atoms with Crippen LogP contribution in [-0.2, 0) is 23.8 Å². The fraction of sp³-hybridized carbons (Fsp3) is 0.556. The first-order valence-electron chi connectivity index (χ1n) is 9.62. The van der Waals surface area contributed by atoms with Gasteiger partial charge in [0, 0.05) is 11.4 Å². The number of hydrogen-bond acceptors (Lipinski definition) is 6. The number of carbonyl (C=O) groups is 2. The highest BCUT2D eigenvalue weighted by Gasteiger charge is 2.39. The summed E-state index contributed by atoms with van der Waals surface area (Å²) < 4.78 is 43.8. The minimum atomic E-state index is -4.75. The van der Waals surface area contributed by atoms with Crippen LogP contribution in [0.2, 0.25) is 0 Å². The van der Waals surface area contributed by atoms with E-state index in [9.17, 15) is 27.9 Å². The lowest BCUT2D eigenvalue weighted by atomic mass is 10.1. The Hall–Kier alpha value is -2.63. The molecular formula is C18H19F3N4O4S. The third-order valence-corrected chi connectivity index (χ3v) is 6.54. The summed E-state index contributed by atoms with van der Waals surface area (Å²) in [5.41, 5.74) is 1.11. The van der Waals surface area contributed by atoms with Crippen LogP contribution in [0.3, 0.4) is 0 Å². The van der Waals surface area contributed by atoms with Gasteiger partial charge in [-0.1, -0.05) is 11.6 Å². The predicted molar refractivity (Wildman–Crippen MR) is 100 cm³/mol. The lowest BCUT2D eigenvalue weighted by molar-refractivity contribution is -0.146. The number of carbonyl (C=O) groups excluding carboxylic acids is 1. The molecule has 162 valence electrons. The van der Waals surface area contributed by atoms with E-state index in [1.54, 1.807) is 0 Å². The van der Waals surface area contributed by atoms with E-state index in [1.807, 2.05) is 0 Å². The molecule has 30 heavy (non-hydrogen) atoms. The minimum absolute atomic E-state index is 0.294. The molecule has 2 aromatic rings. The number of nitrogens with zero attached hydrogens (tertiary/aromatic N) is 3. The van der Waals surface area contributed by atoms with Crippen molar-refractivity contribution in [2.45, 2.75) is 57.2 Å². The minimum Gasteiger partial charge on any atom is -0.480 e. The number of aliphatic carboxylic acids is 1. The average molecular weight is 444 g/mol. The fourth-order valence-electron chi connectivity index (χ4n) is 3.93. The Kier molecular flexibility index (Phi) is 5.43. The maximum Gasteiger partial charge on any atom is 0.455 e. The second-order valence-electron chi connectivity index (χ2n) is 7.31. The summed E-state index contributed by atoms with van der Waals surface area (Å²) in [6.45, 7) is 0.294. The molecule has 3 heterocycles. The molecule has 12 heteroatoms. The largest absolute Gasteiger partial charge is 0.480 e. The number of thiophene rings is 1. The molecular weight excluding hydrogens is 425 g/mol. The molecule has 2 aromatic heterocycles. The molecule has 0 aromatic carbocycles. The van der Waals surface area contributed by atoms with Crippen LogP contribution in [0.5, 0.6) is 0 Å². The summed E-state index contributed by atoms with van der Waals surface area (Å²) in [5, 5.41) is 15.4. The van der Waals surface area contributed by atoms with Gasteiger partial charge in [0.05, 0.1) is 5.56 Å². The molecule has 0 unspecified atom stereocenters. The molecule has 0 spiro atoms. The van der Waals surface area contributed by atoms with Crippen LogP contribution >= 0.6 is 11.3 Å². The first kappa shape index (κ1) is 20.6. The van der Waals surface area contributed by atoms with Crippen molar-refractivity contribution in [3.8, 4) is 11.5 Å². The Morgan fingerprint density at radius 1 is 1.20 bits per heavy atom. The number of likely N-dealkylation sites (tertiary alicyclic amines) is 1. The van der Waals surface area contributed by atoms with Crippen LogP contribution in [0.4, 0.5) is 23.0 Å². The lowest BCUT2D eigenvalue weighted by Gasteiger charge is -2.21. The lowest BCUT2D eigenvalue weighted by Crippen LogP contribution is -2.42. The molecule has 1 aliphatic heterocycles. The third-order valence-electron chi connectivity index (χ3n) is 5.33. The van der Waals surface area contributed by atoms with E-state index in [0.29, 0.717) is 36.4 Å². The summed E-state index contributed by atoms with van der Waals surface area (Å²) in [6.07, 6.45) is 0.332. The van der Waals surface area contributed by atoms with Crippen LogP contribution < -0.4 is 5.32 Å². The van der Waals surface area contributed by atoms with Crippen molar-refractivity contribution in [3.05, 3.63) is 16.3 Å². The van der Waals surface area contributed by atoms with Crippen molar-refractivity contribution in [2.24, 2.45) is 0 Å². The number of amides is 2. The van der Waals surface area contributed by atoms with Crippen molar-refractivity contribution in [1.29, 1.82) is 0 Å². The monoisotopic (exact) mass is 444 g/mol. The van der Waals surface area contributed by atoms with Crippen molar-refractivity contribution < 1.29 is 32.4 Å². The van der Waals surface area contributed by atoms with Crippen molar-refractivity contribution in [1.82, 2.24) is 15.0 Å². The molecule has 0 radical (unpaired) electrons. The second kappa shape index (κ2) is 7.89. The second-order valence-corrected chi connectivity index (χ2v) is 8.41. The Morgan fingerprint density at radius 3 is 2.67 bits per heavy atom. The molecule has 2 amide bonds. The number of rotatable bonds is 3. The molecule has 4 rings (SSSR count). The zero-order valence-corrected chi connectivity index (χ0v) is 16.6. The van der Waals surface area contributed by atoms with Gasteiger partial charge < -0.3 is 14.5 Å². The number of nitrogens with one attached hydrogen (secondary N) is 1. The number of halogens is 3. The summed E-state index contributed by atoms with van der Waals surface area (Å²) in [5.74, 6) is -2.77. The first-order valence-corrected chi connectivity index (χ1v) is 10.4. The summed E-state index contributed by atoms with van der Waals surface area (Å²) in [6, 6.07) is -1.53. The first-order chi connectivity index (χ1) is 14.3. The third kappa shape index (κ3) is 3.87. The van der Waals surface area contributed by atoms with E-state index in [0.717, 1.165) is 36.1 Å². The van der Waals surface area contributed by atoms with Crippen molar-refractivity contribution >= 4 is 28.3 Å². The molecule has 2 aliphatic rings. The smallest absolute Gasteiger partial charge is 0.455 e. The maximum absolute atomic E-state index is 13.0. The van der Waals surface area contributed by atoms with E-state index < -0.39 is 30.0 Å². The van der Waals surface area contributed by atoms with E-state index in [-0.39, 0.29) is 5.89 Å². The normalized spacial score (nSPS) is 19.4. The van der Waals surface area contributed by atoms with E-state index in [2.05, 4.69) is 15.5 Å². The van der Waals surface area contributed by atoms with Crippen LogP contribution in [0, 0.1) is 0 Å². The number of urea groups is 1. The SMILES string of the molecule is O=C(O)[C@H]1CCCN1C(=O)Nc1sc2c(c1-c1nc(C(F)(F)F)no1)CCCCC2. The Bertz CT molecular complexity index is 971. The number of anilines is 1. The molecule has 1 aliphatic carbocycles. The van der Waals surface area contributed by atoms with Gasteiger partial charge in [-0.15, -0.1) is 11.3 Å². The summed E-state index contributed by atoms with van der Waals surface area (Å²) in [4.78, 5) is 29.9. The number of aryl methyl sites for hydroxylation is 1. The molecule has 0 saturated carbocycles. The van der Waals surface area contributed by atoms with Crippen LogP contribution in [0.25, 0.3) is 11.5 Å². The van der Waals surface area contributed by atoms with Gasteiger partial charge in [-0.25, -0.2) is 9.59 Å². The van der Waals surface area contributed by atoms with Gasteiger partial charge in [0.15, 0.2) is 0 Å². The molecule has 2 N–H and O–H groups in total. The van der Waals surface area contributed by atoms with Gasteiger partial charge in [0.25, 0.3) is 11.7 Å². The van der Waals surface area contributed by atoms with Crippen LogP contribution in [0.15, 0.2) is 4.52 Å². The van der Waals surface area contributed by atoms with Crippen LogP contribution in [-0.4, -0.2) is 44.7 Å². The fourth-order valence-corrected chi connectivity index (χ4v) is 5.20. The van der Waals surface area contributed by atoms with E-state index >= 15 is 0 Å². The average Bonchev–Trinajstić information content (AvgIpc) is 3.37. The van der Waals surface area contributed by atoms with Gasteiger partial charge in [-0.05, 0) is 44.1 Å². The van der Waals surface area contributed by atoms with Gasteiger partial charge in [-0.2, -0.15) is 18.2 Å². The number of carboxylic acids is 1. The maximum atomic E-state index is 13.0. The molecule has 0 bridgehead atoms. The molecule has 1 atom stereocenters. The van der Waals surface area contributed by atoms with Gasteiger partial charge >= 0.3 is 18.2 Å². The van der Waals surface area contributed by atoms with Gasteiger partial charge in [-0.3, -0.25) is 5.32 Å². The Morgan fingerprint density at radius 2 is 1.97 bits per heavy atom. The number of carboxylic acid groups (broad SMARTS) is 1. The van der Waals surface area contributed by atoms with Gasteiger partial charge in [0.1, 0.15) is 11.0 Å². The Balaban J connectivity index is 1.70. The standard InChI is InChI=1S/C18H19F3N4O4S/c19-18(20,21)16-22-13(29-24-16)12-9-5-2-1-3-7-11(9)30-14(12)23-17(28)25-8-4-6-10(25)15(26)27/h10H,1-8H2,(H,23,28)(H,26,27)/t10-/m1/s1. The van der Waals surface area contributed by atoms with Crippen molar-refractivity contribution in [3.63, 3.8) is 0 Å². The van der Waals surface area contributed by atoms with E-state index in [1.165, 1.54) is 16.2 Å². The van der Waals surface area contributed by atoms with Gasteiger partial charge in [0.2, 0.25) is 0 Å². The van der Waals surface area contributed by atoms with E-state index in [4.69, 9.17) is 4.52 Å². The highest BCUT2D eigenvalue weighted by molar-refractivity contribution is 7.17. The zero-order valence-electron chi connectivity index (χ0n) is 15.8. The topological polar surface area (TPSA) is 109 Å².